The van der Waals surface area contributed by atoms with E-state index in [1.54, 1.807) is 11.0 Å². The van der Waals surface area contributed by atoms with Crippen LogP contribution in [0.4, 0.5) is 0 Å². The Morgan fingerprint density at radius 2 is 1.66 bits per heavy atom. The zero-order chi connectivity index (χ0) is 20.6. The summed E-state index contributed by atoms with van der Waals surface area (Å²) in [6.07, 6.45) is 0. The number of rotatable bonds is 1. The first-order valence-corrected chi connectivity index (χ1v) is 16.1. The van der Waals surface area contributed by atoms with Gasteiger partial charge in [0.1, 0.15) is 0 Å². The van der Waals surface area contributed by atoms with Crippen LogP contribution in [0.5, 0.6) is 0 Å². The molecule has 1 aromatic carbocycles. The molecule has 0 N–H and O–H groups in total. The van der Waals surface area contributed by atoms with Gasteiger partial charge in [0.15, 0.2) is 0 Å². The summed E-state index contributed by atoms with van der Waals surface area (Å²) in [4.78, 5) is 2.41. The van der Waals surface area contributed by atoms with Crippen LogP contribution in [-0.4, -0.2) is 68.1 Å². The predicted octanol–water partition coefficient (Wildman–Crippen LogP) is 4.51. The van der Waals surface area contributed by atoms with Gasteiger partial charge in [-0.2, -0.15) is 0 Å². The maximum absolute atomic E-state index is 13.0. The summed E-state index contributed by atoms with van der Waals surface area (Å²) < 4.78 is 7.30. The van der Waals surface area contributed by atoms with Gasteiger partial charge in [0.05, 0.1) is 0 Å². The first kappa shape index (κ1) is 21.2. The van der Waals surface area contributed by atoms with Crippen molar-refractivity contribution in [3.63, 3.8) is 0 Å². The van der Waals surface area contributed by atoms with Crippen LogP contribution >= 0.6 is 47.0 Å². The molecule has 0 atom stereocenters. The topological polar surface area (TPSA) is 49.2 Å². The van der Waals surface area contributed by atoms with Crippen LogP contribution in [0.15, 0.2) is 43.2 Å². The Labute approximate surface area is 200 Å². The molecule has 0 aromatic heterocycles. The summed E-state index contributed by atoms with van der Waals surface area (Å²) in [7, 11) is 0. The van der Waals surface area contributed by atoms with Crippen LogP contribution < -0.4 is 0 Å². The molecule has 0 bridgehead atoms. The first-order chi connectivity index (χ1) is 13.7. The van der Waals surface area contributed by atoms with E-state index in [-0.39, 0.29) is 5.84 Å². The molecule has 0 aliphatic carbocycles. The molecule has 4 heterocycles. The molecule has 0 saturated heterocycles. The van der Waals surface area contributed by atoms with Gasteiger partial charge in [-0.05, 0) is 0 Å². The zero-order valence-electron chi connectivity index (χ0n) is 16.3. The van der Waals surface area contributed by atoms with Gasteiger partial charge < -0.3 is 0 Å². The van der Waals surface area contributed by atoms with Crippen molar-refractivity contribution in [1.29, 1.82) is 0 Å². The second-order valence-corrected chi connectivity index (χ2v) is 19.3. The Bertz CT molecular complexity index is 999. The molecule has 10 heteroatoms. The second-order valence-electron chi connectivity index (χ2n) is 7.95. The molecule has 0 amide bonds. The van der Waals surface area contributed by atoms with Gasteiger partial charge in [0.25, 0.3) is 0 Å². The van der Waals surface area contributed by atoms with Crippen LogP contribution in [0.25, 0.3) is 0 Å². The third-order valence-electron chi connectivity index (χ3n) is 5.76. The van der Waals surface area contributed by atoms with Crippen LogP contribution in [0.2, 0.25) is 0 Å². The van der Waals surface area contributed by atoms with Gasteiger partial charge in [-0.25, -0.2) is 0 Å². The Kier molecular flexibility index (Phi) is 5.46. The Hall–Kier alpha value is 0.369. The molecule has 0 saturated carbocycles. The molecule has 1 aromatic rings. The third-order valence-corrected chi connectivity index (χ3v) is 20.3. The van der Waals surface area contributed by atoms with Crippen LogP contribution in [0.1, 0.15) is 33.3 Å². The summed E-state index contributed by atoms with van der Waals surface area (Å²) in [5.74, 6) is 2.72. The van der Waals surface area contributed by atoms with E-state index in [0.717, 1.165) is 15.4 Å². The molecule has 4 aliphatic rings. The quantitative estimate of drug-likeness (QED) is 0.272. The number of hydroxylamine groups is 3. The average molecular weight is 594 g/mol. The molecular weight excluding hydrogens is 574 g/mol. The van der Waals surface area contributed by atoms with Crippen LogP contribution in [0, 0.1) is 5.21 Å². The van der Waals surface area contributed by atoms with E-state index in [9.17, 15) is 10.4 Å². The normalized spacial score (nSPS) is 25.2. The molecule has 4 nitrogen and oxygen atoms in total. The summed E-state index contributed by atoms with van der Waals surface area (Å²) in [5, 5.41) is 26.9. The van der Waals surface area contributed by atoms with Crippen molar-refractivity contribution >= 4 is 82.8 Å². The van der Waals surface area contributed by atoms with Gasteiger partial charge in [-0.3, -0.25) is 0 Å². The molecule has 5 rings (SSSR count). The van der Waals surface area contributed by atoms with Gasteiger partial charge in [0.2, 0.25) is 0 Å². The van der Waals surface area contributed by atoms with E-state index in [2.05, 4.69) is 29.6 Å². The summed E-state index contributed by atoms with van der Waals surface area (Å²) in [5.41, 5.74) is -0.849. The third kappa shape index (κ3) is 3.30. The van der Waals surface area contributed by atoms with E-state index in [0.29, 0.717) is 29.9 Å². The van der Waals surface area contributed by atoms with E-state index >= 15 is 0 Å². The minimum absolute atomic E-state index is 0.230. The van der Waals surface area contributed by atoms with E-state index in [1.165, 1.54) is 25.5 Å². The number of fused-ring (bicyclic) bond motifs is 1. The fraction of sp³-hybridized carbons (Fsp3) is 0.421. The summed E-state index contributed by atoms with van der Waals surface area (Å²) in [6, 6.07) is 6.05. The van der Waals surface area contributed by atoms with Gasteiger partial charge in [0, 0.05) is 0 Å². The number of thioether (sulfide) groups is 4. The standard InChI is InChI=1S/C19H19N2O2S4Se2/c1-18(2)19(3,4)21(23)13(20(18)22)10-5-6-11-12(9-10)27-14(26-11)17-28-15-16(29-17)25-8-7-24-15/h5-6,9H,7-8H2,1-4H3. The van der Waals surface area contributed by atoms with Crippen LogP contribution in [0.3, 0.4) is 0 Å². The average Bonchev–Trinajstić information content (AvgIpc) is 3.33. The Balaban J connectivity index is 1.45. The van der Waals surface area contributed by atoms with Crippen molar-refractivity contribution < 1.29 is 9.95 Å². The van der Waals surface area contributed by atoms with Crippen molar-refractivity contribution in [2.45, 2.75) is 48.6 Å². The minimum atomic E-state index is -0.785. The molecule has 29 heavy (non-hydrogen) atoms. The van der Waals surface area contributed by atoms with Gasteiger partial charge in [-0.15, -0.1) is 0 Å². The van der Waals surface area contributed by atoms with Crippen molar-refractivity contribution in [3.8, 4) is 0 Å². The molecule has 153 valence electrons. The fourth-order valence-electron chi connectivity index (χ4n) is 3.26. The monoisotopic (exact) mass is 595 g/mol. The number of nitrogens with zero attached hydrogens (tertiary/aromatic N) is 2. The summed E-state index contributed by atoms with van der Waals surface area (Å²) in [6.45, 7) is 7.36. The fourth-order valence-corrected chi connectivity index (χ4v) is 18.8. The van der Waals surface area contributed by atoms with Crippen molar-refractivity contribution in [2.75, 3.05) is 11.5 Å². The zero-order valence-corrected chi connectivity index (χ0v) is 23.0. The SMILES string of the molecule is CC1(C)N([O])C(c2ccc3c(c2)SC(=C2[Se]C4=C(SCCS4)[Se]2)S3)=[N+]([O-])C1(C)C. The molecule has 0 unspecified atom stereocenters. The maximum atomic E-state index is 13.0. The number of hydrogen-bond acceptors (Lipinski definition) is 6. The van der Waals surface area contributed by atoms with E-state index in [1.807, 2.05) is 63.4 Å². The molecule has 0 spiro atoms. The second kappa shape index (κ2) is 7.46. The van der Waals surface area contributed by atoms with E-state index < -0.39 is 11.1 Å². The van der Waals surface area contributed by atoms with Gasteiger partial charge in [-0.1, -0.05) is 0 Å². The van der Waals surface area contributed by atoms with Crippen LogP contribution in [-0.2, 0) is 5.21 Å². The van der Waals surface area contributed by atoms with Crippen molar-refractivity contribution in [2.24, 2.45) is 0 Å². The first-order valence-electron chi connectivity index (χ1n) is 9.12. The molecular formula is C19H19N2O2S4Se2. The van der Waals surface area contributed by atoms with Crippen molar-refractivity contribution in [1.82, 2.24) is 5.06 Å². The number of hydrogen-bond donors (Lipinski definition) is 0. The van der Waals surface area contributed by atoms with E-state index in [4.69, 9.17) is 0 Å². The van der Waals surface area contributed by atoms with Gasteiger partial charge >= 0.3 is 202 Å². The molecule has 4 aliphatic heterocycles. The number of amidine groups is 1. The Morgan fingerprint density at radius 1 is 1.03 bits per heavy atom. The predicted molar refractivity (Wildman–Crippen MR) is 127 cm³/mol. The number of benzene rings is 1. The molecule has 0 fully saturated rings. The molecule has 1 radical (unpaired) electrons. The van der Waals surface area contributed by atoms with Crippen molar-refractivity contribution in [3.05, 3.63) is 44.2 Å². The Morgan fingerprint density at radius 3 is 2.24 bits per heavy atom. The summed E-state index contributed by atoms with van der Waals surface area (Å²) >= 11 is 8.80.